The molecule has 1 atom stereocenters. The molecule has 0 radical (unpaired) electrons. The van der Waals surface area contributed by atoms with Gasteiger partial charge in [0.2, 0.25) is 0 Å². The number of rotatable bonds is 6. The van der Waals surface area contributed by atoms with Crippen molar-refractivity contribution in [2.24, 2.45) is 7.05 Å². The molecule has 0 fully saturated rings. The van der Waals surface area contributed by atoms with E-state index in [1.165, 1.54) is 18.2 Å². The number of aliphatic hydroxyl groups excluding tert-OH is 1. The van der Waals surface area contributed by atoms with Crippen LogP contribution in [0, 0.1) is 17.7 Å². The van der Waals surface area contributed by atoms with Gasteiger partial charge in [-0.1, -0.05) is 11.8 Å². The second kappa shape index (κ2) is 9.08. The SMILES string of the molecule is CC(O)c1cc(F)ccc1OCCCC#Cc1cnn(C)c1-c1cnc2[nH]c(=O)oc2c1. The fourth-order valence-corrected chi connectivity index (χ4v) is 3.32. The number of H-pyrrole nitrogens is 1. The number of unbranched alkanes of at least 4 members (excludes halogenated alkanes) is 1. The Labute approximate surface area is 182 Å². The third-order valence-electron chi connectivity index (χ3n) is 4.84. The predicted octanol–water partition coefficient (Wildman–Crippen LogP) is 3.32. The van der Waals surface area contributed by atoms with E-state index in [0.717, 1.165) is 16.8 Å². The molecule has 8 nitrogen and oxygen atoms in total. The number of hydrogen-bond donors (Lipinski definition) is 2. The zero-order valence-electron chi connectivity index (χ0n) is 17.6. The molecule has 0 aliphatic rings. The molecule has 9 heteroatoms. The number of aryl methyl sites for hydroxylation is 1. The van der Waals surface area contributed by atoms with Crippen LogP contribution < -0.4 is 10.5 Å². The van der Waals surface area contributed by atoms with E-state index in [2.05, 4.69) is 26.9 Å². The van der Waals surface area contributed by atoms with Crippen molar-refractivity contribution in [3.05, 3.63) is 64.2 Å². The average molecular weight is 436 g/mol. The van der Waals surface area contributed by atoms with E-state index in [1.54, 1.807) is 37.1 Å². The first-order chi connectivity index (χ1) is 15.4. The maximum atomic E-state index is 13.4. The van der Waals surface area contributed by atoms with E-state index in [4.69, 9.17) is 9.15 Å². The van der Waals surface area contributed by atoms with Crippen LogP contribution in [0.2, 0.25) is 0 Å². The first-order valence-corrected chi connectivity index (χ1v) is 10.0. The molecule has 4 aromatic rings. The molecule has 0 bridgehead atoms. The highest BCUT2D eigenvalue weighted by molar-refractivity contribution is 5.77. The largest absolute Gasteiger partial charge is 0.493 e. The lowest BCUT2D eigenvalue weighted by atomic mass is 10.1. The van der Waals surface area contributed by atoms with Crippen LogP contribution >= 0.6 is 0 Å². The number of benzene rings is 1. The minimum Gasteiger partial charge on any atom is -0.493 e. The second-order valence-electron chi connectivity index (χ2n) is 7.23. The lowest BCUT2D eigenvalue weighted by molar-refractivity contribution is 0.190. The van der Waals surface area contributed by atoms with Crippen LogP contribution in [-0.4, -0.2) is 31.5 Å². The number of halogens is 1. The number of oxazole rings is 1. The van der Waals surface area contributed by atoms with E-state index in [0.29, 0.717) is 42.0 Å². The quantitative estimate of drug-likeness (QED) is 0.355. The Morgan fingerprint density at radius 3 is 3.00 bits per heavy atom. The number of aliphatic hydroxyl groups is 1. The normalized spacial score (nSPS) is 11.9. The third-order valence-corrected chi connectivity index (χ3v) is 4.84. The van der Waals surface area contributed by atoms with E-state index in [-0.39, 0.29) is 0 Å². The topological polar surface area (TPSA) is 106 Å². The molecule has 164 valence electrons. The van der Waals surface area contributed by atoms with Crippen molar-refractivity contribution in [1.82, 2.24) is 19.7 Å². The summed E-state index contributed by atoms with van der Waals surface area (Å²) in [5.74, 6) is 5.71. The lowest BCUT2D eigenvalue weighted by Gasteiger charge is -2.13. The monoisotopic (exact) mass is 436 g/mol. The van der Waals surface area contributed by atoms with Crippen molar-refractivity contribution in [2.45, 2.75) is 25.9 Å². The molecule has 4 rings (SSSR count). The summed E-state index contributed by atoms with van der Waals surface area (Å²) >= 11 is 0. The summed E-state index contributed by atoms with van der Waals surface area (Å²) in [6.45, 7) is 1.95. The van der Waals surface area contributed by atoms with Crippen LogP contribution in [0.3, 0.4) is 0 Å². The highest BCUT2D eigenvalue weighted by Gasteiger charge is 2.13. The maximum Gasteiger partial charge on any atom is 0.418 e. The van der Waals surface area contributed by atoms with Gasteiger partial charge in [0, 0.05) is 30.8 Å². The Morgan fingerprint density at radius 2 is 2.19 bits per heavy atom. The van der Waals surface area contributed by atoms with Crippen LogP contribution in [0.25, 0.3) is 22.5 Å². The summed E-state index contributed by atoms with van der Waals surface area (Å²) in [6.07, 6.45) is 3.71. The molecule has 1 unspecified atom stereocenters. The van der Waals surface area contributed by atoms with Gasteiger partial charge in [0.05, 0.1) is 30.2 Å². The molecule has 3 heterocycles. The van der Waals surface area contributed by atoms with E-state index >= 15 is 0 Å². The Balaban J connectivity index is 1.41. The van der Waals surface area contributed by atoms with Gasteiger partial charge in [-0.15, -0.1) is 0 Å². The van der Waals surface area contributed by atoms with Gasteiger partial charge in [-0.25, -0.2) is 14.2 Å². The molecule has 0 spiro atoms. The van der Waals surface area contributed by atoms with Gasteiger partial charge >= 0.3 is 5.76 Å². The number of nitrogens with zero attached hydrogens (tertiary/aromatic N) is 3. The number of pyridine rings is 1. The minimum atomic E-state index is -0.822. The van der Waals surface area contributed by atoms with Gasteiger partial charge in [-0.2, -0.15) is 5.10 Å². The van der Waals surface area contributed by atoms with Crippen molar-refractivity contribution < 1.29 is 18.7 Å². The summed E-state index contributed by atoms with van der Waals surface area (Å²) in [6, 6.07) is 5.81. The first kappa shape index (κ1) is 21.3. The fraction of sp³-hybridized carbons (Fsp3) is 0.261. The van der Waals surface area contributed by atoms with Crippen LogP contribution in [0.1, 0.15) is 37.0 Å². The van der Waals surface area contributed by atoms with Crippen molar-refractivity contribution in [2.75, 3.05) is 6.61 Å². The van der Waals surface area contributed by atoms with Crippen LogP contribution in [0.15, 0.2) is 45.9 Å². The molecule has 0 aliphatic carbocycles. The Bertz CT molecular complexity index is 1370. The minimum absolute atomic E-state index is 0.363. The molecular formula is C23H21FN4O4. The smallest absolute Gasteiger partial charge is 0.418 e. The highest BCUT2D eigenvalue weighted by Crippen LogP contribution is 2.26. The number of ether oxygens (including phenoxy) is 1. The molecule has 32 heavy (non-hydrogen) atoms. The third kappa shape index (κ3) is 4.55. The molecular weight excluding hydrogens is 415 g/mol. The van der Waals surface area contributed by atoms with Crippen LogP contribution in [0.4, 0.5) is 4.39 Å². The Morgan fingerprint density at radius 1 is 1.34 bits per heavy atom. The van der Waals surface area contributed by atoms with E-state index in [1.807, 2.05) is 0 Å². The number of aromatic amines is 1. The molecule has 3 aromatic heterocycles. The zero-order chi connectivity index (χ0) is 22.7. The van der Waals surface area contributed by atoms with Crippen molar-refractivity contribution in [1.29, 1.82) is 0 Å². The van der Waals surface area contributed by atoms with Gasteiger partial charge in [0.25, 0.3) is 0 Å². The predicted molar refractivity (Wildman–Crippen MR) is 115 cm³/mol. The Hall–Kier alpha value is -3.90. The van der Waals surface area contributed by atoms with E-state index in [9.17, 15) is 14.3 Å². The summed E-state index contributed by atoms with van der Waals surface area (Å²) in [4.78, 5) is 18.1. The summed E-state index contributed by atoms with van der Waals surface area (Å²) in [5, 5.41) is 14.0. The van der Waals surface area contributed by atoms with Gasteiger partial charge in [0.15, 0.2) is 11.2 Å². The summed E-state index contributed by atoms with van der Waals surface area (Å²) in [7, 11) is 1.80. The molecule has 1 aromatic carbocycles. The number of aromatic nitrogens is 4. The highest BCUT2D eigenvalue weighted by atomic mass is 19.1. The zero-order valence-corrected chi connectivity index (χ0v) is 17.6. The molecule has 0 amide bonds. The Kier molecular flexibility index (Phi) is 6.05. The van der Waals surface area contributed by atoms with Gasteiger partial charge in [-0.3, -0.25) is 9.67 Å². The number of nitrogens with one attached hydrogen (secondary N) is 1. The first-order valence-electron chi connectivity index (χ1n) is 10.0. The standard InChI is InChI=1S/C23H21FN4O4/c1-14(29)18-11-17(24)7-8-19(18)31-9-5-3-4-6-15-13-26-28(2)21(15)16-10-20-22(25-12-16)27-23(30)32-20/h7-8,10-14,29H,3,5,9H2,1-2H3,(H,25,27,30). The fourth-order valence-electron chi connectivity index (χ4n) is 3.32. The van der Waals surface area contributed by atoms with Gasteiger partial charge < -0.3 is 14.3 Å². The van der Waals surface area contributed by atoms with Crippen LogP contribution in [0.5, 0.6) is 5.75 Å². The maximum absolute atomic E-state index is 13.4. The number of hydrogen-bond acceptors (Lipinski definition) is 6. The molecule has 0 saturated heterocycles. The molecule has 0 aliphatic heterocycles. The van der Waals surface area contributed by atoms with E-state index < -0.39 is 17.7 Å². The van der Waals surface area contributed by atoms with Crippen molar-refractivity contribution in [3.8, 4) is 28.8 Å². The van der Waals surface area contributed by atoms with Crippen molar-refractivity contribution >= 4 is 11.2 Å². The van der Waals surface area contributed by atoms with Crippen LogP contribution in [-0.2, 0) is 7.05 Å². The average Bonchev–Trinajstić information content (AvgIpc) is 3.31. The van der Waals surface area contributed by atoms with Gasteiger partial charge in [-0.05, 0) is 37.6 Å². The van der Waals surface area contributed by atoms with Crippen molar-refractivity contribution in [3.63, 3.8) is 0 Å². The van der Waals surface area contributed by atoms with Gasteiger partial charge in [0.1, 0.15) is 11.6 Å². The summed E-state index contributed by atoms with van der Waals surface area (Å²) in [5.41, 5.74) is 3.38. The molecule has 0 saturated carbocycles. The number of fused-ring (bicyclic) bond motifs is 1. The lowest BCUT2D eigenvalue weighted by Crippen LogP contribution is -2.02. The summed E-state index contributed by atoms with van der Waals surface area (Å²) < 4.78 is 25.8. The molecule has 2 N–H and O–H groups in total. The second-order valence-corrected chi connectivity index (χ2v) is 7.23.